The van der Waals surface area contributed by atoms with Crippen molar-refractivity contribution in [1.29, 1.82) is 5.26 Å². The zero-order valence-electron chi connectivity index (χ0n) is 25.4. The summed E-state index contributed by atoms with van der Waals surface area (Å²) < 4.78 is 18.1. The second kappa shape index (κ2) is 12.4. The largest absolute Gasteiger partial charge is 0.493 e. The molecular weight excluding hydrogens is 560 g/mol. The van der Waals surface area contributed by atoms with Crippen LogP contribution in [0, 0.1) is 25.2 Å². The first-order valence-electron chi connectivity index (χ1n) is 14.7. The number of aryl methyl sites for hydroxylation is 2. The molecule has 0 spiro atoms. The SMILES string of the molecule is COc1cc(CC2(C#N)c3cc(Oc4ccc(C)cc4)ccc3C=CN2C(=O)c2ccccc2)ccc1Oc1ccc(C)cc1. The van der Waals surface area contributed by atoms with Crippen molar-refractivity contribution in [3.8, 4) is 34.8 Å². The molecule has 5 aromatic rings. The second-order valence-electron chi connectivity index (χ2n) is 11.1. The summed E-state index contributed by atoms with van der Waals surface area (Å²) in [5.74, 6) is 2.72. The fourth-order valence-electron chi connectivity index (χ4n) is 5.49. The third-order valence-electron chi connectivity index (χ3n) is 7.90. The summed E-state index contributed by atoms with van der Waals surface area (Å²) >= 11 is 0. The van der Waals surface area contributed by atoms with Gasteiger partial charge in [-0.2, -0.15) is 5.26 Å². The van der Waals surface area contributed by atoms with Gasteiger partial charge in [-0.1, -0.05) is 65.7 Å². The fraction of sp³-hybridized carbons (Fsp3) is 0.128. The topological polar surface area (TPSA) is 71.8 Å². The van der Waals surface area contributed by atoms with Gasteiger partial charge in [-0.3, -0.25) is 9.69 Å². The van der Waals surface area contributed by atoms with Gasteiger partial charge in [0, 0.05) is 23.7 Å². The molecule has 1 aliphatic heterocycles. The molecule has 1 aliphatic rings. The molecule has 0 N–H and O–H groups in total. The molecule has 0 aliphatic carbocycles. The van der Waals surface area contributed by atoms with Crippen LogP contribution in [-0.2, 0) is 12.0 Å². The summed E-state index contributed by atoms with van der Waals surface area (Å²) in [5, 5.41) is 11.1. The van der Waals surface area contributed by atoms with Gasteiger partial charge in [-0.25, -0.2) is 0 Å². The Hall–Kier alpha value is -5.80. The number of ether oxygens (including phenoxy) is 3. The van der Waals surface area contributed by atoms with Crippen molar-refractivity contribution in [3.63, 3.8) is 0 Å². The molecule has 6 heteroatoms. The normalized spacial score (nSPS) is 15.1. The maximum atomic E-state index is 14.0. The molecule has 0 saturated heterocycles. The number of nitrogens with zero attached hydrogens (tertiary/aromatic N) is 2. The van der Waals surface area contributed by atoms with Crippen LogP contribution in [0.5, 0.6) is 28.7 Å². The van der Waals surface area contributed by atoms with Gasteiger partial charge in [0.1, 0.15) is 17.2 Å². The molecule has 0 bridgehead atoms. The Morgan fingerprint density at radius 2 is 1.40 bits per heavy atom. The first-order valence-corrected chi connectivity index (χ1v) is 14.7. The highest BCUT2D eigenvalue weighted by molar-refractivity contribution is 5.97. The zero-order chi connectivity index (χ0) is 31.4. The van der Waals surface area contributed by atoms with Crippen LogP contribution in [0.25, 0.3) is 6.08 Å². The van der Waals surface area contributed by atoms with Gasteiger partial charge in [0.25, 0.3) is 5.91 Å². The summed E-state index contributed by atoms with van der Waals surface area (Å²) in [6, 6.07) is 38.3. The number of amides is 1. The Labute approximate surface area is 263 Å². The van der Waals surface area contributed by atoms with Crippen LogP contribution in [0.3, 0.4) is 0 Å². The molecule has 6 rings (SSSR count). The average molecular weight is 593 g/mol. The molecule has 45 heavy (non-hydrogen) atoms. The van der Waals surface area contributed by atoms with Gasteiger partial charge in [0.2, 0.25) is 0 Å². The molecule has 5 aromatic carbocycles. The molecule has 0 aromatic heterocycles. The smallest absolute Gasteiger partial charge is 0.259 e. The molecule has 1 heterocycles. The van der Waals surface area contributed by atoms with Crippen molar-refractivity contribution in [2.45, 2.75) is 25.8 Å². The Morgan fingerprint density at radius 1 is 0.756 bits per heavy atom. The van der Waals surface area contributed by atoms with E-state index < -0.39 is 5.54 Å². The zero-order valence-corrected chi connectivity index (χ0v) is 25.4. The van der Waals surface area contributed by atoms with E-state index in [9.17, 15) is 10.1 Å². The number of benzene rings is 5. The van der Waals surface area contributed by atoms with Crippen molar-refractivity contribution in [3.05, 3.63) is 155 Å². The Morgan fingerprint density at radius 3 is 2.04 bits per heavy atom. The minimum absolute atomic E-state index is 0.189. The predicted molar refractivity (Wildman–Crippen MR) is 175 cm³/mol. The third kappa shape index (κ3) is 6.02. The molecule has 1 unspecified atom stereocenters. The minimum atomic E-state index is -1.39. The number of rotatable bonds is 8. The van der Waals surface area contributed by atoms with Crippen molar-refractivity contribution in [2.24, 2.45) is 0 Å². The fourth-order valence-corrected chi connectivity index (χ4v) is 5.49. The minimum Gasteiger partial charge on any atom is -0.493 e. The van der Waals surface area contributed by atoms with Gasteiger partial charge in [-0.05, 0) is 91.7 Å². The van der Waals surface area contributed by atoms with Crippen LogP contribution in [0.4, 0.5) is 0 Å². The lowest BCUT2D eigenvalue weighted by Crippen LogP contribution is -2.49. The second-order valence-corrected chi connectivity index (χ2v) is 11.1. The van der Waals surface area contributed by atoms with Gasteiger partial charge < -0.3 is 14.2 Å². The van der Waals surface area contributed by atoms with E-state index in [1.165, 1.54) is 4.90 Å². The average Bonchev–Trinajstić information content (AvgIpc) is 3.07. The number of methoxy groups -OCH3 is 1. The quantitative estimate of drug-likeness (QED) is 0.180. The van der Waals surface area contributed by atoms with Crippen LogP contribution >= 0.6 is 0 Å². The molecule has 0 fully saturated rings. The van der Waals surface area contributed by atoms with Crippen molar-refractivity contribution < 1.29 is 19.0 Å². The van der Waals surface area contributed by atoms with E-state index in [-0.39, 0.29) is 12.3 Å². The molecule has 222 valence electrons. The van der Waals surface area contributed by atoms with Gasteiger partial charge in [0.05, 0.1) is 13.2 Å². The highest BCUT2D eigenvalue weighted by atomic mass is 16.5. The van der Waals surface area contributed by atoms with Crippen molar-refractivity contribution in [1.82, 2.24) is 4.90 Å². The molecule has 1 amide bonds. The van der Waals surface area contributed by atoms with Gasteiger partial charge in [-0.15, -0.1) is 0 Å². The third-order valence-corrected chi connectivity index (χ3v) is 7.90. The van der Waals surface area contributed by atoms with E-state index in [1.807, 2.05) is 123 Å². The summed E-state index contributed by atoms with van der Waals surface area (Å²) in [7, 11) is 1.58. The molecular formula is C39H32N2O4. The maximum Gasteiger partial charge on any atom is 0.259 e. The van der Waals surface area contributed by atoms with Crippen LogP contribution in [0.2, 0.25) is 0 Å². The molecule has 0 saturated carbocycles. The first kappa shape index (κ1) is 29.3. The van der Waals surface area contributed by atoms with E-state index in [0.29, 0.717) is 39.9 Å². The van der Waals surface area contributed by atoms with Crippen LogP contribution < -0.4 is 14.2 Å². The van der Waals surface area contributed by atoms with Gasteiger partial charge >= 0.3 is 0 Å². The van der Waals surface area contributed by atoms with E-state index in [1.54, 1.807) is 25.4 Å². The maximum absolute atomic E-state index is 14.0. The molecule has 1 atom stereocenters. The Kier molecular flexibility index (Phi) is 8.09. The lowest BCUT2D eigenvalue weighted by atomic mass is 9.78. The highest BCUT2D eigenvalue weighted by Gasteiger charge is 2.45. The highest BCUT2D eigenvalue weighted by Crippen LogP contribution is 2.43. The van der Waals surface area contributed by atoms with Crippen molar-refractivity contribution >= 4 is 12.0 Å². The Bertz CT molecular complexity index is 1910. The Balaban J connectivity index is 1.42. The summed E-state index contributed by atoms with van der Waals surface area (Å²) in [6.45, 7) is 4.04. The lowest BCUT2D eigenvalue weighted by molar-refractivity contribution is 0.0697. The van der Waals surface area contributed by atoms with E-state index in [2.05, 4.69) is 6.07 Å². The summed E-state index contributed by atoms with van der Waals surface area (Å²) in [6.07, 6.45) is 3.75. The van der Waals surface area contributed by atoms with Crippen LogP contribution in [-0.4, -0.2) is 17.9 Å². The number of carbonyl (C=O) groups excluding carboxylic acids is 1. The van der Waals surface area contributed by atoms with Crippen LogP contribution in [0.1, 0.15) is 38.2 Å². The number of nitriles is 1. The van der Waals surface area contributed by atoms with E-state index in [0.717, 1.165) is 22.3 Å². The summed E-state index contributed by atoms with van der Waals surface area (Å²) in [4.78, 5) is 15.6. The number of hydrogen-bond acceptors (Lipinski definition) is 5. The standard InChI is InChI=1S/C39H32N2O4/c1-27-9-15-32(16-10-27)44-34-19-14-30-21-22-41(38(42)31-7-5-4-6-8-31)39(26-40,35(30)24-34)25-29-13-20-36(37(23-29)43-3)45-33-17-11-28(2)12-18-33/h4-24H,25H2,1-3H3. The monoisotopic (exact) mass is 592 g/mol. The van der Waals surface area contributed by atoms with E-state index >= 15 is 0 Å². The van der Waals surface area contributed by atoms with Gasteiger partial charge in [0.15, 0.2) is 17.0 Å². The molecule has 6 nitrogen and oxygen atoms in total. The first-order chi connectivity index (χ1) is 21.9. The van der Waals surface area contributed by atoms with E-state index in [4.69, 9.17) is 14.2 Å². The van der Waals surface area contributed by atoms with Crippen molar-refractivity contribution in [2.75, 3.05) is 7.11 Å². The number of fused-ring (bicyclic) bond motifs is 1. The summed E-state index contributed by atoms with van der Waals surface area (Å²) in [5.41, 5.74) is 3.64. The molecule has 0 radical (unpaired) electrons. The number of hydrogen-bond donors (Lipinski definition) is 0. The van der Waals surface area contributed by atoms with Crippen LogP contribution in [0.15, 0.2) is 121 Å². The lowest BCUT2D eigenvalue weighted by Gasteiger charge is -2.40. The number of carbonyl (C=O) groups is 1. The predicted octanol–water partition coefficient (Wildman–Crippen LogP) is 8.98.